The predicted molar refractivity (Wildman–Crippen MR) is 58.8 cm³/mol. The molecule has 5 heteroatoms. The normalized spacial score (nSPS) is 13.0. The van der Waals surface area contributed by atoms with Crippen LogP contribution < -0.4 is 5.73 Å². The third kappa shape index (κ3) is 2.14. The monoisotopic (exact) mass is 221 g/mol. The first-order valence-corrected chi connectivity index (χ1v) is 5.22. The summed E-state index contributed by atoms with van der Waals surface area (Å²) >= 11 is 0. The lowest BCUT2D eigenvalue weighted by Crippen LogP contribution is -2.18. The number of nitrogens with zero attached hydrogens (tertiary/aromatic N) is 2. The average molecular weight is 221 g/mol. The molecule has 0 aliphatic carbocycles. The molecule has 0 radical (unpaired) electrons. The van der Waals surface area contributed by atoms with Crippen molar-refractivity contribution in [3.05, 3.63) is 23.4 Å². The van der Waals surface area contributed by atoms with Crippen molar-refractivity contribution in [3.63, 3.8) is 0 Å². The molecule has 0 saturated carbocycles. The first-order valence-electron chi connectivity index (χ1n) is 5.22. The van der Waals surface area contributed by atoms with E-state index in [-0.39, 0.29) is 6.04 Å². The summed E-state index contributed by atoms with van der Waals surface area (Å²) in [6.07, 6.45) is 0.610. The Hall–Kier alpha value is -1.62. The van der Waals surface area contributed by atoms with Gasteiger partial charge in [-0.15, -0.1) is 0 Å². The van der Waals surface area contributed by atoms with E-state index in [0.29, 0.717) is 18.1 Å². The van der Waals surface area contributed by atoms with Crippen LogP contribution in [0.4, 0.5) is 0 Å². The second-order valence-electron chi connectivity index (χ2n) is 4.02. The van der Waals surface area contributed by atoms with Crippen LogP contribution in [0.25, 0.3) is 11.5 Å². The molecule has 1 atom stereocenters. The molecule has 16 heavy (non-hydrogen) atoms. The van der Waals surface area contributed by atoms with Crippen molar-refractivity contribution in [3.8, 4) is 11.5 Å². The second kappa shape index (κ2) is 4.09. The molecule has 0 aromatic carbocycles. The first kappa shape index (κ1) is 10.9. The Morgan fingerprint density at radius 1 is 1.44 bits per heavy atom. The van der Waals surface area contributed by atoms with Crippen molar-refractivity contribution in [1.29, 1.82) is 0 Å². The molecule has 0 spiro atoms. The molecule has 0 fully saturated rings. The van der Waals surface area contributed by atoms with E-state index in [9.17, 15) is 0 Å². The van der Waals surface area contributed by atoms with E-state index in [4.69, 9.17) is 14.7 Å². The van der Waals surface area contributed by atoms with Crippen LogP contribution in [0.3, 0.4) is 0 Å². The first-order chi connectivity index (χ1) is 7.56. The lowest BCUT2D eigenvalue weighted by molar-refractivity contribution is 0.419. The summed E-state index contributed by atoms with van der Waals surface area (Å²) in [6.45, 7) is 5.66. The maximum Gasteiger partial charge on any atom is 0.261 e. The minimum atomic E-state index is 0.0256. The molecular formula is C11H15N3O2. The van der Waals surface area contributed by atoms with Gasteiger partial charge in [0.05, 0.1) is 5.56 Å². The van der Waals surface area contributed by atoms with E-state index in [1.54, 1.807) is 0 Å². The Labute approximate surface area is 93.6 Å². The third-order valence-electron chi connectivity index (χ3n) is 2.24. The molecular weight excluding hydrogens is 206 g/mol. The number of furan rings is 1. The van der Waals surface area contributed by atoms with Gasteiger partial charge >= 0.3 is 0 Å². The molecule has 2 aromatic rings. The number of hydrogen-bond donors (Lipinski definition) is 1. The Balaban J connectivity index is 2.28. The molecule has 0 saturated heterocycles. The largest absolute Gasteiger partial charge is 0.466 e. The van der Waals surface area contributed by atoms with E-state index in [1.807, 2.05) is 26.8 Å². The van der Waals surface area contributed by atoms with Crippen LogP contribution in [0.2, 0.25) is 0 Å². The zero-order valence-corrected chi connectivity index (χ0v) is 9.65. The fourth-order valence-electron chi connectivity index (χ4n) is 1.58. The highest BCUT2D eigenvalue weighted by Crippen LogP contribution is 2.24. The van der Waals surface area contributed by atoms with Gasteiger partial charge < -0.3 is 14.7 Å². The maximum atomic E-state index is 5.67. The lowest BCUT2D eigenvalue weighted by Gasteiger charge is -1.96. The minimum absolute atomic E-state index is 0.0256. The van der Waals surface area contributed by atoms with E-state index < -0.39 is 0 Å². The predicted octanol–water partition coefficient (Wildman–Crippen LogP) is 1.84. The molecule has 0 amide bonds. The van der Waals surface area contributed by atoms with Crippen LogP contribution in [0.5, 0.6) is 0 Å². The maximum absolute atomic E-state index is 5.67. The molecule has 5 nitrogen and oxygen atoms in total. The Bertz CT molecular complexity index is 485. The van der Waals surface area contributed by atoms with Crippen LogP contribution in [-0.4, -0.2) is 16.2 Å². The van der Waals surface area contributed by atoms with Crippen molar-refractivity contribution < 1.29 is 8.94 Å². The molecule has 0 aliphatic heterocycles. The Morgan fingerprint density at radius 2 is 2.19 bits per heavy atom. The average Bonchev–Trinajstić information content (AvgIpc) is 2.72. The zero-order chi connectivity index (χ0) is 11.7. The van der Waals surface area contributed by atoms with Crippen molar-refractivity contribution in [1.82, 2.24) is 10.1 Å². The van der Waals surface area contributed by atoms with Gasteiger partial charge in [-0.3, -0.25) is 0 Å². The van der Waals surface area contributed by atoms with Gasteiger partial charge in [0.1, 0.15) is 11.5 Å². The zero-order valence-electron chi connectivity index (χ0n) is 9.65. The van der Waals surface area contributed by atoms with Crippen LogP contribution >= 0.6 is 0 Å². The molecule has 2 rings (SSSR count). The van der Waals surface area contributed by atoms with Gasteiger partial charge in [-0.25, -0.2) is 0 Å². The SMILES string of the molecule is Cc1cc(-c2nc(CC(C)N)no2)c(C)o1. The van der Waals surface area contributed by atoms with Gasteiger partial charge in [-0.1, -0.05) is 5.16 Å². The summed E-state index contributed by atoms with van der Waals surface area (Å²) in [4.78, 5) is 4.28. The molecule has 86 valence electrons. The van der Waals surface area contributed by atoms with Gasteiger partial charge in [-0.2, -0.15) is 4.98 Å². The summed E-state index contributed by atoms with van der Waals surface area (Å²) in [5, 5.41) is 3.88. The van der Waals surface area contributed by atoms with E-state index in [2.05, 4.69) is 10.1 Å². The van der Waals surface area contributed by atoms with Gasteiger partial charge in [0.15, 0.2) is 5.82 Å². The standard InChI is InChI=1S/C11H15N3O2/c1-6(12)4-10-13-11(16-14-10)9-5-7(2)15-8(9)3/h5-6H,4,12H2,1-3H3. The van der Waals surface area contributed by atoms with E-state index in [1.165, 1.54) is 0 Å². The number of aryl methyl sites for hydroxylation is 2. The molecule has 0 bridgehead atoms. The number of nitrogens with two attached hydrogens (primary N) is 1. The van der Waals surface area contributed by atoms with Gasteiger partial charge in [0, 0.05) is 12.5 Å². The number of rotatable bonds is 3. The number of hydrogen-bond acceptors (Lipinski definition) is 5. The van der Waals surface area contributed by atoms with Crippen LogP contribution in [0.15, 0.2) is 15.0 Å². The second-order valence-corrected chi connectivity index (χ2v) is 4.02. The summed E-state index contributed by atoms with van der Waals surface area (Å²) in [5.41, 5.74) is 6.51. The van der Waals surface area contributed by atoms with Crippen molar-refractivity contribution in [2.45, 2.75) is 33.2 Å². The van der Waals surface area contributed by atoms with E-state index >= 15 is 0 Å². The van der Waals surface area contributed by atoms with Crippen LogP contribution in [0.1, 0.15) is 24.3 Å². The fourth-order valence-corrected chi connectivity index (χ4v) is 1.58. The lowest BCUT2D eigenvalue weighted by atomic mass is 10.2. The molecule has 0 aliphatic rings. The van der Waals surface area contributed by atoms with Crippen molar-refractivity contribution >= 4 is 0 Å². The Morgan fingerprint density at radius 3 is 2.75 bits per heavy atom. The molecule has 2 aromatic heterocycles. The van der Waals surface area contributed by atoms with Crippen molar-refractivity contribution in [2.24, 2.45) is 5.73 Å². The summed E-state index contributed by atoms with van der Waals surface area (Å²) < 4.78 is 10.6. The van der Waals surface area contributed by atoms with Gasteiger partial charge in [-0.05, 0) is 26.8 Å². The quantitative estimate of drug-likeness (QED) is 0.855. The molecule has 2 N–H and O–H groups in total. The van der Waals surface area contributed by atoms with Crippen LogP contribution in [-0.2, 0) is 6.42 Å². The topological polar surface area (TPSA) is 78.1 Å². The number of aromatic nitrogens is 2. The van der Waals surface area contributed by atoms with Crippen LogP contribution in [0, 0.1) is 13.8 Å². The highest BCUT2D eigenvalue weighted by Gasteiger charge is 2.15. The summed E-state index contributed by atoms with van der Waals surface area (Å²) in [7, 11) is 0. The van der Waals surface area contributed by atoms with Gasteiger partial charge in [0.25, 0.3) is 5.89 Å². The third-order valence-corrected chi connectivity index (χ3v) is 2.24. The molecule has 2 heterocycles. The summed E-state index contributed by atoms with van der Waals surface area (Å²) in [6, 6.07) is 1.91. The summed E-state index contributed by atoms with van der Waals surface area (Å²) in [5.74, 6) is 2.74. The minimum Gasteiger partial charge on any atom is -0.466 e. The smallest absolute Gasteiger partial charge is 0.261 e. The highest BCUT2D eigenvalue weighted by atomic mass is 16.5. The fraction of sp³-hybridized carbons (Fsp3) is 0.455. The van der Waals surface area contributed by atoms with Crippen molar-refractivity contribution in [2.75, 3.05) is 0 Å². The van der Waals surface area contributed by atoms with Gasteiger partial charge in [0.2, 0.25) is 0 Å². The van der Waals surface area contributed by atoms with E-state index in [0.717, 1.165) is 17.1 Å². The Kier molecular flexibility index (Phi) is 2.78. The molecule has 1 unspecified atom stereocenters. The highest BCUT2D eigenvalue weighted by molar-refractivity contribution is 5.55.